The van der Waals surface area contributed by atoms with Crippen LogP contribution in [0.5, 0.6) is 11.5 Å². The summed E-state index contributed by atoms with van der Waals surface area (Å²) in [4.78, 5) is 0. The van der Waals surface area contributed by atoms with Gasteiger partial charge in [0.05, 0.1) is 0 Å². The molecule has 0 fully saturated rings. The van der Waals surface area contributed by atoms with E-state index in [0.717, 1.165) is 17.9 Å². The summed E-state index contributed by atoms with van der Waals surface area (Å²) in [6, 6.07) is 6.04. The van der Waals surface area contributed by atoms with Crippen LogP contribution < -0.4 is 15.2 Å². The molecule has 0 aliphatic carbocycles. The lowest BCUT2D eigenvalue weighted by atomic mass is 10.0. The molecule has 2 rings (SSSR count). The summed E-state index contributed by atoms with van der Waals surface area (Å²) in [7, 11) is 0. The number of para-hydroxylation sites is 1. The molecule has 1 unspecified atom stereocenters. The number of hydrogen-bond acceptors (Lipinski definition) is 3. The smallest absolute Gasteiger partial charge is 0.165 e. The summed E-state index contributed by atoms with van der Waals surface area (Å²) in [5.74, 6) is 1.68. The quantitative estimate of drug-likeness (QED) is 0.875. The van der Waals surface area contributed by atoms with E-state index in [-0.39, 0.29) is 17.7 Å². The lowest BCUT2D eigenvalue weighted by Gasteiger charge is -2.21. The highest BCUT2D eigenvalue weighted by atomic mass is 16.5. The van der Waals surface area contributed by atoms with Crippen molar-refractivity contribution in [3.8, 4) is 11.5 Å². The summed E-state index contributed by atoms with van der Waals surface area (Å²) in [6.45, 7) is 8.10. The fourth-order valence-electron chi connectivity index (χ4n) is 1.99. The van der Waals surface area contributed by atoms with Crippen LogP contribution in [0.25, 0.3) is 0 Å². The lowest BCUT2D eigenvalue weighted by Crippen LogP contribution is -2.33. The minimum absolute atomic E-state index is 0.000249. The van der Waals surface area contributed by atoms with Crippen molar-refractivity contribution in [2.24, 2.45) is 5.73 Å². The Hall–Kier alpha value is -1.22. The molecule has 0 radical (unpaired) electrons. The molecule has 0 saturated heterocycles. The zero-order valence-corrected chi connectivity index (χ0v) is 11.0. The highest BCUT2D eigenvalue weighted by Crippen LogP contribution is 2.42. The van der Waals surface area contributed by atoms with Gasteiger partial charge in [-0.1, -0.05) is 12.1 Å². The third-order valence-electron chi connectivity index (χ3n) is 3.11. The predicted octanol–water partition coefficient (Wildman–Crippen LogP) is 2.51. The van der Waals surface area contributed by atoms with E-state index in [9.17, 15) is 0 Å². The zero-order chi connectivity index (χ0) is 12.6. The van der Waals surface area contributed by atoms with E-state index in [0.29, 0.717) is 0 Å². The fourth-order valence-corrected chi connectivity index (χ4v) is 1.99. The van der Waals surface area contributed by atoms with Gasteiger partial charge in [-0.05, 0) is 33.8 Å². The average Bonchev–Trinajstić information content (AvgIpc) is 2.53. The van der Waals surface area contributed by atoms with Crippen molar-refractivity contribution in [3.05, 3.63) is 23.8 Å². The Balaban J connectivity index is 2.24. The maximum absolute atomic E-state index is 5.94. The maximum atomic E-state index is 5.94. The van der Waals surface area contributed by atoms with Gasteiger partial charge in [-0.3, -0.25) is 0 Å². The van der Waals surface area contributed by atoms with E-state index in [1.165, 1.54) is 5.56 Å². The molecule has 0 amide bonds. The van der Waals surface area contributed by atoms with Crippen LogP contribution >= 0.6 is 0 Å². The van der Waals surface area contributed by atoms with Crippen LogP contribution in [0.15, 0.2) is 18.2 Å². The molecular formula is C14H21NO2. The molecule has 0 bridgehead atoms. The molecule has 3 heteroatoms. The molecule has 1 aromatic carbocycles. The second kappa shape index (κ2) is 4.22. The van der Waals surface area contributed by atoms with Crippen LogP contribution in [0.2, 0.25) is 0 Å². The van der Waals surface area contributed by atoms with E-state index in [4.69, 9.17) is 15.2 Å². The summed E-state index contributed by atoms with van der Waals surface area (Å²) in [5.41, 5.74) is 6.89. The maximum Gasteiger partial charge on any atom is 0.165 e. The van der Waals surface area contributed by atoms with Gasteiger partial charge in [-0.25, -0.2) is 0 Å². The second-order valence-corrected chi connectivity index (χ2v) is 5.47. The third kappa shape index (κ3) is 2.55. The number of fused-ring (bicyclic) bond motifs is 1. The minimum Gasteiger partial charge on any atom is -0.485 e. The van der Waals surface area contributed by atoms with Crippen molar-refractivity contribution in [1.82, 2.24) is 0 Å². The molecule has 94 valence electrons. The van der Waals surface area contributed by atoms with Crippen LogP contribution in [0.1, 0.15) is 33.3 Å². The molecule has 1 aliphatic heterocycles. The summed E-state index contributed by atoms with van der Waals surface area (Å²) in [6.07, 6.45) is 0.903. The first-order chi connectivity index (χ1) is 7.89. The highest BCUT2D eigenvalue weighted by molar-refractivity contribution is 5.50. The second-order valence-electron chi connectivity index (χ2n) is 5.47. The molecule has 0 saturated carbocycles. The summed E-state index contributed by atoms with van der Waals surface area (Å²) < 4.78 is 11.8. The van der Waals surface area contributed by atoms with Gasteiger partial charge in [0.25, 0.3) is 0 Å². The van der Waals surface area contributed by atoms with E-state index in [2.05, 4.69) is 19.9 Å². The number of nitrogens with two attached hydrogens (primary N) is 1. The van der Waals surface area contributed by atoms with Crippen LogP contribution in [0.4, 0.5) is 0 Å². The summed E-state index contributed by atoms with van der Waals surface area (Å²) >= 11 is 0. The van der Waals surface area contributed by atoms with Gasteiger partial charge in [0.2, 0.25) is 0 Å². The number of benzene rings is 1. The molecule has 3 nitrogen and oxygen atoms in total. The van der Waals surface area contributed by atoms with E-state index in [1.807, 2.05) is 26.0 Å². The Morgan fingerprint density at radius 1 is 1.35 bits per heavy atom. The number of rotatable bonds is 3. The molecule has 1 aromatic rings. The first-order valence-corrected chi connectivity index (χ1v) is 6.12. The predicted molar refractivity (Wildman–Crippen MR) is 68.6 cm³/mol. The standard InChI is InChI=1S/C14H21NO2/c1-9(15)10(2)16-12-7-5-6-11-8-14(3,4)17-13(11)12/h5-7,9-10H,8,15H2,1-4H3/t9-,10?/m1/s1. The lowest BCUT2D eigenvalue weighted by molar-refractivity contribution is 0.124. The van der Waals surface area contributed by atoms with Crippen LogP contribution in [-0.2, 0) is 6.42 Å². The molecule has 0 aromatic heterocycles. The Labute approximate surface area is 103 Å². The van der Waals surface area contributed by atoms with Crippen molar-refractivity contribution in [1.29, 1.82) is 0 Å². The van der Waals surface area contributed by atoms with Crippen LogP contribution in [0, 0.1) is 0 Å². The molecule has 2 atom stereocenters. The van der Waals surface area contributed by atoms with Crippen LogP contribution in [0.3, 0.4) is 0 Å². The monoisotopic (exact) mass is 235 g/mol. The topological polar surface area (TPSA) is 44.5 Å². The summed E-state index contributed by atoms with van der Waals surface area (Å²) in [5, 5.41) is 0. The van der Waals surface area contributed by atoms with Crippen molar-refractivity contribution in [2.75, 3.05) is 0 Å². The van der Waals surface area contributed by atoms with Crippen molar-refractivity contribution < 1.29 is 9.47 Å². The Morgan fingerprint density at radius 2 is 2.06 bits per heavy atom. The number of hydrogen-bond donors (Lipinski definition) is 1. The van der Waals surface area contributed by atoms with Gasteiger partial charge in [-0.2, -0.15) is 0 Å². The van der Waals surface area contributed by atoms with Gasteiger partial charge in [0, 0.05) is 18.0 Å². The van der Waals surface area contributed by atoms with Crippen molar-refractivity contribution >= 4 is 0 Å². The Morgan fingerprint density at radius 3 is 2.71 bits per heavy atom. The van der Waals surface area contributed by atoms with E-state index >= 15 is 0 Å². The SMILES string of the molecule is CC(Oc1cccc2c1OC(C)(C)C2)[C@@H](C)N. The van der Waals surface area contributed by atoms with E-state index < -0.39 is 0 Å². The average molecular weight is 235 g/mol. The molecule has 2 N–H and O–H groups in total. The first kappa shape index (κ1) is 12.2. The molecule has 1 aliphatic rings. The largest absolute Gasteiger partial charge is 0.485 e. The van der Waals surface area contributed by atoms with Crippen molar-refractivity contribution in [2.45, 2.75) is 51.9 Å². The molecule has 1 heterocycles. The normalized spacial score (nSPS) is 20.3. The van der Waals surface area contributed by atoms with Gasteiger partial charge in [-0.15, -0.1) is 0 Å². The van der Waals surface area contributed by atoms with Gasteiger partial charge >= 0.3 is 0 Å². The Bertz CT molecular complexity index is 413. The highest BCUT2D eigenvalue weighted by Gasteiger charge is 2.32. The molecular weight excluding hydrogens is 214 g/mol. The fraction of sp³-hybridized carbons (Fsp3) is 0.571. The number of ether oxygens (including phenoxy) is 2. The third-order valence-corrected chi connectivity index (χ3v) is 3.11. The minimum atomic E-state index is -0.140. The first-order valence-electron chi connectivity index (χ1n) is 6.12. The molecule has 0 spiro atoms. The van der Waals surface area contributed by atoms with E-state index in [1.54, 1.807) is 0 Å². The Kier molecular flexibility index (Phi) is 3.04. The van der Waals surface area contributed by atoms with Crippen LogP contribution in [-0.4, -0.2) is 17.7 Å². The van der Waals surface area contributed by atoms with Crippen molar-refractivity contribution in [3.63, 3.8) is 0 Å². The zero-order valence-electron chi connectivity index (χ0n) is 11.0. The van der Waals surface area contributed by atoms with Gasteiger partial charge in [0.15, 0.2) is 11.5 Å². The molecule has 17 heavy (non-hydrogen) atoms. The van der Waals surface area contributed by atoms with Gasteiger partial charge in [0.1, 0.15) is 11.7 Å². The van der Waals surface area contributed by atoms with Gasteiger partial charge < -0.3 is 15.2 Å².